The molecule has 0 fully saturated rings. The third-order valence-corrected chi connectivity index (χ3v) is 3.10. The molecule has 8 heteroatoms. The first-order valence-corrected chi connectivity index (χ1v) is 6.93. The van der Waals surface area contributed by atoms with Gasteiger partial charge in [-0.15, -0.1) is 0 Å². The van der Waals surface area contributed by atoms with Gasteiger partial charge in [0.1, 0.15) is 13.2 Å². The Morgan fingerprint density at radius 1 is 1.14 bits per heavy atom. The molecular weight excluding hydrogens is 284 g/mol. The second kappa shape index (κ2) is 5.92. The Labute approximate surface area is 128 Å². The molecule has 0 atom stereocenters. The molecule has 0 saturated carbocycles. The lowest BCUT2D eigenvalue weighted by atomic mass is 10.2. The van der Waals surface area contributed by atoms with Gasteiger partial charge in [0, 0.05) is 20.6 Å². The van der Waals surface area contributed by atoms with E-state index in [4.69, 9.17) is 15.2 Å². The minimum atomic E-state index is 0.184. The average Bonchev–Trinajstić information content (AvgIpc) is 2.52. The summed E-state index contributed by atoms with van der Waals surface area (Å²) in [6.45, 7) is 1.70. The molecule has 0 bridgehead atoms. The number of nitrogens with two attached hydrogens (primary N) is 1. The molecule has 0 aliphatic carbocycles. The van der Waals surface area contributed by atoms with E-state index in [9.17, 15) is 0 Å². The van der Waals surface area contributed by atoms with Crippen molar-refractivity contribution in [1.82, 2.24) is 15.0 Å². The largest absolute Gasteiger partial charge is 0.486 e. The molecule has 1 aliphatic heterocycles. The van der Waals surface area contributed by atoms with Gasteiger partial charge in [-0.1, -0.05) is 6.07 Å². The van der Waals surface area contributed by atoms with Gasteiger partial charge in [-0.3, -0.25) is 0 Å². The second-order valence-corrected chi connectivity index (χ2v) is 5.04. The molecular formula is C14H18N6O2. The maximum atomic E-state index is 5.69. The zero-order valence-electron chi connectivity index (χ0n) is 12.5. The fourth-order valence-corrected chi connectivity index (χ4v) is 2.04. The summed E-state index contributed by atoms with van der Waals surface area (Å²) in [5, 5.41) is 3.14. The smallest absolute Gasteiger partial charge is 0.231 e. The molecule has 2 aromatic rings. The van der Waals surface area contributed by atoms with Crippen molar-refractivity contribution < 1.29 is 9.47 Å². The zero-order chi connectivity index (χ0) is 15.5. The Morgan fingerprint density at radius 2 is 1.91 bits per heavy atom. The van der Waals surface area contributed by atoms with Gasteiger partial charge in [0.25, 0.3) is 0 Å². The number of aromatic nitrogens is 3. The van der Waals surface area contributed by atoms with Gasteiger partial charge in [0.05, 0.1) is 0 Å². The minimum Gasteiger partial charge on any atom is -0.486 e. The number of nitrogens with one attached hydrogen (secondary N) is 1. The number of fused-ring (bicyclic) bond motifs is 1. The number of hydrogen-bond donors (Lipinski definition) is 2. The molecule has 0 spiro atoms. The highest BCUT2D eigenvalue weighted by Crippen LogP contribution is 2.30. The van der Waals surface area contributed by atoms with Gasteiger partial charge in [0.2, 0.25) is 17.8 Å². The molecule has 1 aromatic heterocycles. The van der Waals surface area contributed by atoms with Crippen molar-refractivity contribution in [3.8, 4) is 11.5 Å². The highest BCUT2D eigenvalue weighted by atomic mass is 16.6. The number of nitrogen functional groups attached to an aromatic ring is 1. The van der Waals surface area contributed by atoms with E-state index in [1.165, 1.54) is 0 Å². The second-order valence-electron chi connectivity index (χ2n) is 5.04. The number of benzene rings is 1. The lowest BCUT2D eigenvalue weighted by Gasteiger charge is -2.19. The van der Waals surface area contributed by atoms with Crippen LogP contribution in [0.1, 0.15) is 5.56 Å². The summed E-state index contributed by atoms with van der Waals surface area (Å²) in [5.74, 6) is 2.66. The Balaban J connectivity index is 1.72. The van der Waals surface area contributed by atoms with Crippen molar-refractivity contribution in [3.63, 3.8) is 0 Å². The van der Waals surface area contributed by atoms with Crippen LogP contribution < -0.4 is 25.4 Å². The first-order chi connectivity index (χ1) is 10.6. The van der Waals surface area contributed by atoms with Crippen molar-refractivity contribution in [3.05, 3.63) is 23.8 Å². The molecule has 0 unspecified atom stereocenters. The zero-order valence-corrected chi connectivity index (χ0v) is 12.5. The van der Waals surface area contributed by atoms with Crippen LogP contribution in [0.4, 0.5) is 17.8 Å². The molecule has 0 radical (unpaired) electrons. The summed E-state index contributed by atoms with van der Waals surface area (Å²) in [4.78, 5) is 14.2. The van der Waals surface area contributed by atoms with E-state index in [1.807, 2.05) is 32.3 Å². The summed E-state index contributed by atoms with van der Waals surface area (Å²) in [5.41, 5.74) is 6.73. The van der Waals surface area contributed by atoms with E-state index < -0.39 is 0 Å². The van der Waals surface area contributed by atoms with Crippen LogP contribution in [0.5, 0.6) is 11.5 Å². The van der Waals surface area contributed by atoms with Crippen molar-refractivity contribution in [2.75, 3.05) is 43.3 Å². The van der Waals surface area contributed by atoms with Gasteiger partial charge >= 0.3 is 0 Å². The first-order valence-electron chi connectivity index (χ1n) is 6.93. The monoisotopic (exact) mass is 302 g/mol. The third kappa shape index (κ3) is 3.11. The lowest BCUT2D eigenvalue weighted by molar-refractivity contribution is 0.171. The number of rotatable bonds is 4. The highest BCUT2D eigenvalue weighted by molar-refractivity contribution is 5.45. The Kier molecular flexibility index (Phi) is 3.82. The van der Waals surface area contributed by atoms with E-state index in [1.54, 1.807) is 4.90 Å². The minimum absolute atomic E-state index is 0.184. The van der Waals surface area contributed by atoms with Crippen LogP contribution in [0.25, 0.3) is 0 Å². The summed E-state index contributed by atoms with van der Waals surface area (Å²) >= 11 is 0. The average molecular weight is 302 g/mol. The highest BCUT2D eigenvalue weighted by Gasteiger charge is 2.12. The molecule has 2 heterocycles. The Bertz CT molecular complexity index is 676. The molecule has 3 N–H and O–H groups in total. The van der Waals surface area contributed by atoms with Gasteiger partial charge in [-0.2, -0.15) is 15.0 Å². The number of hydrogen-bond acceptors (Lipinski definition) is 8. The third-order valence-electron chi connectivity index (χ3n) is 3.10. The fraction of sp³-hybridized carbons (Fsp3) is 0.357. The fourth-order valence-electron chi connectivity index (χ4n) is 2.04. The normalized spacial score (nSPS) is 12.8. The molecule has 8 nitrogen and oxygen atoms in total. The van der Waals surface area contributed by atoms with Crippen LogP contribution in [-0.4, -0.2) is 42.3 Å². The molecule has 1 aliphatic rings. The standard InChI is InChI=1S/C14H18N6O2/c1-20(2)14-18-12(15)17-13(19-14)16-8-9-3-4-10-11(7-9)22-6-5-21-10/h3-4,7H,5-6,8H2,1-2H3,(H3,15,16,17,18,19). The summed E-state index contributed by atoms with van der Waals surface area (Å²) in [6, 6.07) is 5.81. The molecule has 116 valence electrons. The maximum absolute atomic E-state index is 5.69. The van der Waals surface area contributed by atoms with Crippen LogP contribution in [0.2, 0.25) is 0 Å². The van der Waals surface area contributed by atoms with Crippen LogP contribution in [0.15, 0.2) is 18.2 Å². The molecule has 0 amide bonds. The Morgan fingerprint density at radius 3 is 2.68 bits per heavy atom. The van der Waals surface area contributed by atoms with Crippen LogP contribution in [-0.2, 0) is 6.54 Å². The van der Waals surface area contributed by atoms with Crippen LogP contribution in [0, 0.1) is 0 Å². The van der Waals surface area contributed by atoms with Crippen LogP contribution in [0.3, 0.4) is 0 Å². The van der Waals surface area contributed by atoms with Crippen LogP contribution >= 0.6 is 0 Å². The predicted octanol–water partition coefficient (Wildman–Crippen LogP) is 0.903. The SMILES string of the molecule is CN(C)c1nc(N)nc(NCc2ccc3c(c2)OCCO3)n1. The van der Waals surface area contributed by atoms with Crippen molar-refractivity contribution in [2.45, 2.75) is 6.54 Å². The molecule has 1 aromatic carbocycles. The van der Waals surface area contributed by atoms with Gasteiger partial charge in [-0.25, -0.2) is 0 Å². The van der Waals surface area contributed by atoms with E-state index in [2.05, 4.69) is 20.3 Å². The lowest BCUT2D eigenvalue weighted by Crippen LogP contribution is -2.17. The van der Waals surface area contributed by atoms with E-state index >= 15 is 0 Å². The van der Waals surface area contributed by atoms with Gasteiger partial charge < -0.3 is 25.4 Å². The summed E-state index contributed by atoms with van der Waals surface area (Å²) in [6.07, 6.45) is 0. The molecule has 0 saturated heterocycles. The van der Waals surface area contributed by atoms with Crippen molar-refractivity contribution in [1.29, 1.82) is 0 Å². The Hall–Kier alpha value is -2.77. The summed E-state index contributed by atoms with van der Waals surface area (Å²) in [7, 11) is 3.69. The molecule has 22 heavy (non-hydrogen) atoms. The quantitative estimate of drug-likeness (QED) is 0.859. The van der Waals surface area contributed by atoms with E-state index in [-0.39, 0.29) is 5.95 Å². The maximum Gasteiger partial charge on any atom is 0.231 e. The summed E-state index contributed by atoms with van der Waals surface area (Å²) < 4.78 is 11.1. The van der Waals surface area contributed by atoms with E-state index in [0.29, 0.717) is 31.7 Å². The van der Waals surface area contributed by atoms with Crippen molar-refractivity contribution in [2.24, 2.45) is 0 Å². The number of anilines is 3. The predicted molar refractivity (Wildman–Crippen MR) is 83.3 cm³/mol. The topological polar surface area (TPSA) is 98.4 Å². The van der Waals surface area contributed by atoms with Crippen molar-refractivity contribution >= 4 is 17.8 Å². The molecule has 3 rings (SSSR count). The van der Waals surface area contributed by atoms with Gasteiger partial charge in [-0.05, 0) is 17.7 Å². The first kappa shape index (κ1) is 14.2. The number of nitrogens with zero attached hydrogens (tertiary/aromatic N) is 4. The van der Waals surface area contributed by atoms with Gasteiger partial charge in [0.15, 0.2) is 11.5 Å². The van der Waals surface area contributed by atoms with E-state index in [0.717, 1.165) is 17.1 Å². The number of ether oxygens (including phenoxy) is 2.